The third-order valence-corrected chi connectivity index (χ3v) is 8.23. The molecule has 0 spiro atoms. The molecular formula is C24H30N3O9P. The van der Waals surface area contributed by atoms with Crippen molar-refractivity contribution in [3.63, 3.8) is 0 Å². The van der Waals surface area contributed by atoms with Crippen LogP contribution >= 0.6 is 7.75 Å². The molecule has 1 aliphatic heterocycles. The largest absolute Gasteiger partial charge is 0.480 e. The van der Waals surface area contributed by atoms with Gasteiger partial charge in [-0.25, -0.2) is 9.36 Å². The molecule has 0 unspecified atom stereocenters. The summed E-state index contributed by atoms with van der Waals surface area (Å²) in [6, 6.07) is 7.99. The number of ether oxygens (including phenoxy) is 1. The summed E-state index contributed by atoms with van der Waals surface area (Å²) >= 11 is 0. The van der Waals surface area contributed by atoms with E-state index in [1.807, 2.05) is 0 Å². The van der Waals surface area contributed by atoms with Crippen molar-refractivity contribution < 1.29 is 33.4 Å². The molecule has 0 amide bonds. The van der Waals surface area contributed by atoms with Gasteiger partial charge in [0.25, 0.3) is 5.56 Å². The number of benzene rings is 1. The molecule has 1 aliphatic rings. The van der Waals surface area contributed by atoms with Crippen molar-refractivity contribution in [3.05, 3.63) is 63.4 Å². The second kappa shape index (κ2) is 11.5. The van der Waals surface area contributed by atoms with Gasteiger partial charge < -0.3 is 19.5 Å². The Morgan fingerprint density at radius 2 is 2.03 bits per heavy atom. The number of carboxylic acids is 1. The highest BCUT2D eigenvalue weighted by Crippen LogP contribution is 2.54. The van der Waals surface area contributed by atoms with Crippen LogP contribution in [0.4, 0.5) is 0 Å². The van der Waals surface area contributed by atoms with Crippen LogP contribution < -0.4 is 15.8 Å². The van der Waals surface area contributed by atoms with Crippen LogP contribution in [-0.4, -0.2) is 61.8 Å². The van der Waals surface area contributed by atoms with Crippen LogP contribution in [0.3, 0.4) is 0 Å². The van der Waals surface area contributed by atoms with Gasteiger partial charge in [0, 0.05) is 18.8 Å². The standard InChI is InChI=1S/C24H30N3O9P/c1-5-13-27(16(3)21(30)31)37(33,36-17-10-8-7-9-11-17)34-15-18-20(29)24(4,6-2)22(35-18)26-14-12-19(28)25-23(26)32/h2,7-12,14,16,18,20,22,29H,5,13,15H2,1,3-4H3,(H,30,31)(H,25,28,32)/t16-,18+,20+,22+,24+,37+/m0/s1. The lowest BCUT2D eigenvalue weighted by Crippen LogP contribution is -2.41. The van der Waals surface area contributed by atoms with Crippen LogP contribution in [0, 0.1) is 17.8 Å². The number of terminal acetylenes is 1. The van der Waals surface area contributed by atoms with Gasteiger partial charge in [0.15, 0.2) is 6.23 Å². The van der Waals surface area contributed by atoms with Crippen molar-refractivity contribution in [2.45, 2.75) is 51.7 Å². The molecule has 6 atom stereocenters. The Morgan fingerprint density at radius 3 is 2.59 bits per heavy atom. The minimum Gasteiger partial charge on any atom is -0.480 e. The first-order chi connectivity index (χ1) is 17.5. The Bertz CT molecular complexity index is 1300. The van der Waals surface area contributed by atoms with Crippen molar-refractivity contribution in [2.75, 3.05) is 13.2 Å². The number of hydrogen-bond donors (Lipinski definition) is 3. The summed E-state index contributed by atoms with van der Waals surface area (Å²) in [5.41, 5.74) is -2.85. The highest BCUT2D eigenvalue weighted by atomic mass is 31.2. The molecule has 2 aromatic rings. The minimum atomic E-state index is -4.32. The first kappa shape index (κ1) is 28.4. The minimum absolute atomic E-state index is 0.0725. The van der Waals surface area contributed by atoms with Gasteiger partial charge in [-0.2, -0.15) is 4.67 Å². The highest BCUT2D eigenvalue weighted by molar-refractivity contribution is 7.51. The molecule has 12 nitrogen and oxygen atoms in total. The second-order valence-electron chi connectivity index (χ2n) is 8.76. The van der Waals surface area contributed by atoms with Crippen LogP contribution in [0.25, 0.3) is 0 Å². The average molecular weight is 535 g/mol. The fourth-order valence-corrected chi connectivity index (χ4v) is 5.98. The van der Waals surface area contributed by atoms with Crippen LogP contribution in [0.2, 0.25) is 0 Å². The number of hydrogen-bond acceptors (Lipinski definition) is 8. The number of aromatic amines is 1. The molecule has 200 valence electrons. The summed E-state index contributed by atoms with van der Waals surface area (Å²) in [4.78, 5) is 37.8. The van der Waals surface area contributed by atoms with Gasteiger partial charge in [0.05, 0.1) is 6.61 Å². The molecule has 1 saturated heterocycles. The molecule has 3 N–H and O–H groups in total. The van der Waals surface area contributed by atoms with E-state index < -0.39 is 61.5 Å². The number of carboxylic acid groups (broad SMARTS) is 1. The molecule has 1 fully saturated rings. The van der Waals surface area contributed by atoms with Gasteiger partial charge in [0.2, 0.25) is 0 Å². The van der Waals surface area contributed by atoms with Crippen molar-refractivity contribution in [3.8, 4) is 18.1 Å². The number of para-hydroxylation sites is 1. The quantitative estimate of drug-likeness (QED) is 0.286. The van der Waals surface area contributed by atoms with E-state index in [-0.39, 0.29) is 12.3 Å². The van der Waals surface area contributed by atoms with Gasteiger partial charge in [0.1, 0.15) is 29.4 Å². The third-order valence-electron chi connectivity index (χ3n) is 6.14. The smallest absolute Gasteiger partial charge is 0.462 e. The number of aromatic nitrogens is 2. The number of carbonyl (C=O) groups is 1. The zero-order valence-corrected chi connectivity index (χ0v) is 21.5. The summed E-state index contributed by atoms with van der Waals surface area (Å²) in [7, 11) is -4.32. The van der Waals surface area contributed by atoms with Crippen molar-refractivity contribution in [2.24, 2.45) is 5.41 Å². The predicted octanol–water partition coefficient (Wildman–Crippen LogP) is 1.82. The fraction of sp³-hybridized carbons (Fsp3) is 0.458. The predicted molar refractivity (Wildman–Crippen MR) is 133 cm³/mol. The average Bonchev–Trinajstić information content (AvgIpc) is 3.11. The van der Waals surface area contributed by atoms with E-state index >= 15 is 0 Å². The van der Waals surface area contributed by atoms with Crippen LogP contribution in [0.15, 0.2) is 52.2 Å². The van der Waals surface area contributed by atoms with E-state index in [0.717, 1.165) is 15.3 Å². The van der Waals surface area contributed by atoms with E-state index in [1.54, 1.807) is 37.3 Å². The summed E-state index contributed by atoms with van der Waals surface area (Å²) in [6.07, 6.45) is 3.58. The van der Waals surface area contributed by atoms with E-state index in [1.165, 1.54) is 20.0 Å². The molecule has 0 saturated carbocycles. The number of nitrogens with one attached hydrogen (secondary N) is 1. The van der Waals surface area contributed by atoms with Crippen molar-refractivity contribution in [1.29, 1.82) is 0 Å². The molecule has 0 radical (unpaired) electrons. The van der Waals surface area contributed by atoms with Gasteiger partial charge in [-0.3, -0.25) is 23.7 Å². The third kappa shape index (κ3) is 5.87. The monoisotopic (exact) mass is 535 g/mol. The Balaban J connectivity index is 1.94. The molecule has 0 aliphatic carbocycles. The number of H-pyrrole nitrogens is 1. The molecule has 0 bridgehead atoms. The van der Waals surface area contributed by atoms with Gasteiger partial charge in [-0.05, 0) is 32.4 Å². The zero-order chi connectivity index (χ0) is 27.4. The lowest BCUT2D eigenvalue weighted by atomic mass is 9.83. The fourth-order valence-electron chi connectivity index (χ4n) is 3.99. The summed E-state index contributed by atoms with van der Waals surface area (Å²) in [5.74, 6) is 1.40. The number of rotatable bonds is 11. The van der Waals surface area contributed by atoms with Crippen molar-refractivity contribution >= 4 is 13.7 Å². The Labute approximate surface area is 213 Å². The van der Waals surface area contributed by atoms with Crippen LogP contribution in [0.1, 0.15) is 33.4 Å². The first-order valence-corrected chi connectivity index (χ1v) is 13.1. The molecule has 2 heterocycles. The summed E-state index contributed by atoms with van der Waals surface area (Å²) < 4.78 is 33.6. The van der Waals surface area contributed by atoms with Crippen LogP contribution in [-0.2, 0) is 18.6 Å². The second-order valence-corrected chi connectivity index (χ2v) is 10.7. The Morgan fingerprint density at radius 1 is 1.35 bits per heavy atom. The Kier molecular flexibility index (Phi) is 8.79. The first-order valence-electron chi connectivity index (χ1n) is 11.6. The van der Waals surface area contributed by atoms with Gasteiger partial charge in [-0.15, -0.1) is 6.42 Å². The molecule has 1 aromatic heterocycles. The molecule has 1 aromatic carbocycles. The maximum atomic E-state index is 14.1. The number of aliphatic hydroxyl groups is 1. The zero-order valence-electron chi connectivity index (χ0n) is 20.6. The number of aliphatic carboxylic acids is 1. The summed E-state index contributed by atoms with van der Waals surface area (Å²) in [5, 5.41) is 20.7. The van der Waals surface area contributed by atoms with E-state index in [2.05, 4.69) is 10.9 Å². The maximum absolute atomic E-state index is 14.1. The number of nitrogens with zero attached hydrogens (tertiary/aromatic N) is 2. The molecular weight excluding hydrogens is 505 g/mol. The summed E-state index contributed by atoms with van der Waals surface area (Å²) in [6.45, 7) is 4.20. The van der Waals surface area contributed by atoms with E-state index in [9.17, 15) is 29.2 Å². The lowest BCUT2D eigenvalue weighted by Gasteiger charge is -2.33. The number of aliphatic hydroxyl groups excluding tert-OH is 1. The SMILES string of the molecule is C#C[C@]1(C)[C@H](O)[C@@H](CO[P@@](=O)(Oc2ccccc2)N(CCC)[C@@H](C)C(=O)O)O[C@H]1n1ccc(=O)[nH]c1=O. The molecule has 37 heavy (non-hydrogen) atoms. The Hall–Kier alpha value is -3.20. The van der Waals surface area contributed by atoms with Crippen molar-refractivity contribution in [1.82, 2.24) is 14.2 Å². The van der Waals surface area contributed by atoms with E-state index in [4.69, 9.17) is 20.2 Å². The molecule has 13 heteroatoms. The normalized spacial score (nSPS) is 25.8. The van der Waals surface area contributed by atoms with E-state index in [0.29, 0.717) is 6.42 Å². The maximum Gasteiger partial charge on any atom is 0.462 e. The van der Waals surface area contributed by atoms with Crippen LogP contribution in [0.5, 0.6) is 5.75 Å². The highest BCUT2D eigenvalue weighted by Gasteiger charge is 2.54. The topological polar surface area (TPSA) is 160 Å². The van der Waals surface area contributed by atoms with Gasteiger partial charge in [-0.1, -0.05) is 31.0 Å². The lowest BCUT2D eigenvalue weighted by molar-refractivity contribution is -0.141. The molecule has 3 rings (SSSR count). The van der Waals surface area contributed by atoms with Gasteiger partial charge >= 0.3 is 19.4 Å².